The molecule has 31 heavy (non-hydrogen) atoms. The molecule has 0 bridgehead atoms. The van der Waals surface area contributed by atoms with Crippen LogP contribution in [0.2, 0.25) is 0 Å². The molecule has 0 saturated carbocycles. The Bertz CT molecular complexity index is 1290. The van der Waals surface area contributed by atoms with Crippen LogP contribution in [0.1, 0.15) is 31.2 Å². The van der Waals surface area contributed by atoms with Crippen molar-refractivity contribution in [2.24, 2.45) is 0 Å². The highest BCUT2D eigenvalue weighted by molar-refractivity contribution is 5.91. The van der Waals surface area contributed by atoms with Crippen LogP contribution < -0.4 is 19.8 Å². The Kier molecular flexibility index (Phi) is 6.49. The lowest BCUT2D eigenvalue weighted by Crippen LogP contribution is -2.15. The van der Waals surface area contributed by atoms with Crippen molar-refractivity contribution in [3.05, 3.63) is 69.8 Å². The lowest BCUT2D eigenvalue weighted by molar-refractivity contribution is 0.344. The van der Waals surface area contributed by atoms with E-state index in [2.05, 4.69) is 9.97 Å². The maximum Gasteiger partial charge on any atom is 0.252 e. The lowest BCUT2D eigenvalue weighted by Gasteiger charge is -2.14. The molecule has 1 N–H and O–H groups in total. The Balaban J connectivity index is 0.00000272. The zero-order valence-corrected chi connectivity index (χ0v) is 17.5. The van der Waals surface area contributed by atoms with Crippen LogP contribution in [0.3, 0.4) is 0 Å². The molecular weight excluding hydrogens is 392 g/mol. The molecule has 0 saturated heterocycles. The number of rotatable bonds is 6. The molecule has 2 aromatic carbocycles. The number of nitrogens with one attached hydrogen (secondary N) is 1. The molecule has 0 aliphatic rings. The van der Waals surface area contributed by atoms with Gasteiger partial charge in [-0.05, 0) is 55.1 Å². The van der Waals surface area contributed by atoms with E-state index in [-0.39, 0.29) is 13.0 Å². The standard InChI is InChI=1S/C24H24N2O4.CH4/c1-5-30-21-8-6-7-20-19(21)10-15(13-25-20)9-18-17-12-23(29-4)22(28-3)11-16(17)14(2)26-24(18)27;/h6-8,10-13H,5,9H2,1-4H3,(H,26,27);1H4. The molecule has 2 aromatic heterocycles. The van der Waals surface area contributed by atoms with Crippen LogP contribution in [0.5, 0.6) is 17.2 Å². The number of fused-ring (bicyclic) bond motifs is 2. The van der Waals surface area contributed by atoms with Crippen LogP contribution in [0.4, 0.5) is 0 Å². The Morgan fingerprint density at radius 1 is 0.968 bits per heavy atom. The first-order chi connectivity index (χ1) is 14.5. The summed E-state index contributed by atoms with van der Waals surface area (Å²) in [6, 6.07) is 11.6. The monoisotopic (exact) mass is 420 g/mol. The minimum Gasteiger partial charge on any atom is -0.493 e. The zero-order valence-electron chi connectivity index (χ0n) is 17.5. The van der Waals surface area contributed by atoms with E-state index in [9.17, 15) is 4.79 Å². The maximum atomic E-state index is 12.9. The first-order valence-corrected chi connectivity index (χ1v) is 9.83. The number of pyridine rings is 2. The van der Waals surface area contributed by atoms with Crippen molar-refractivity contribution < 1.29 is 14.2 Å². The summed E-state index contributed by atoms with van der Waals surface area (Å²) in [5, 5.41) is 2.70. The highest BCUT2D eigenvalue weighted by Crippen LogP contribution is 2.34. The summed E-state index contributed by atoms with van der Waals surface area (Å²) in [7, 11) is 3.19. The van der Waals surface area contributed by atoms with Gasteiger partial charge >= 0.3 is 0 Å². The summed E-state index contributed by atoms with van der Waals surface area (Å²) in [4.78, 5) is 20.4. The van der Waals surface area contributed by atoms with E-state index in [4.69, 9.17) is 14.2 Å². The first-order valence-electron chi connectivity index (χ1n) is 9.83. The topological polar surface area (TPSA) is 73.4 Å². The van der Waals surface area contributed by atoms with Gasteiger partial charge in [-0.25, -0.2) is 0 Å². The van der Waals surface area contributed by atoms with Crippen molar-refractivity contribution in [3.8, 4) is 17.2 Å². The van der Waals surface area contributed by atoms with Gasteiger partial charge < -0.3 is 19.2 Å². The Morgan fingerprint density at radius 2 is 1.68 bits per heavy atom. The normalized spacial score (nSPS) is 10.7. The molecule has 2 heterocycles. The van der Waals surface area contributed by atoms with Crippen molar-refractivity contribution in [1.29, 1.82) is 0 Å². The number of methoxy groups -OCH3 is 2. The smallest absolute Gasteiger partial charge is 0.252 e. The van der Waals surface area contributed by atoms with Crippen LogP contribution in [0.25, 0.3) is 21.7 Å². The minimum absolute atomic E-state index is 0. The fourth-order valence-corrected chi connectivity index (χ4v) is 3.80. The highest BCUT2D eigenvalue weighted by atomic mass is 16.5. The number of hydrogen-bond donors (Lipinski definition) is 1. The van der Waals surface area contributed by atoms with Crippen LogP contribution in [-0.2, 0) is 6.42 Å². The second-order valence-corrected chi connectivity index (χ2v) is 7.09. The summed E-state index contributed by atoms with van der Waals surface area (Å²) >= 11 is 0. The average molecular weight is 421 g/mol. The number of ether oxygens (including phenoxy) is 3. The maximum absolute atomic E-state index is 12.9. The van der Waals surface area contributed by atoms with Gasteiger partial charge in [0, 0.05) is 34.6 Å². The first kappa shape index (κ1) is 22.2. The van der Waals surface area contributed by atoms with Crippen molar-refractivity contribution >= 4 is 21.7 Å². The molecule has 4 rings (SSSR count). The fourth-order valence-electron chi connectivity index (χ4n) is 3.80. The van der Waals surface area contributed by atoms with E-state index in [1.807, 2.05) is 56.4 Å². The minimum atomic E-state index is -0.120. The third-order valence-corrected chi connectivity index (χ3v) is 5.25. The SMILES string of the molecule is C.CCOc1cccc2ncc(Cc3c(=O)[nH]c(C)c4cc(OC)c(OC)cc34)cc12. The number of aromatic amines is 1. The number of nitrogens with zero attached hydrogens (tertiary/aromatic N) is 1. The summed E-state index contributed by atoms with van der Waals surface area (Å²) in [5.74, 6) is 2.00. The molecule has 0 radical (unpaired) electrons. The van der Waals surface area contributed by atoms with Crippen molar-refractivity contribution in [3.63, 3.8) is 0 Å². The molecule has 0 aliphatic carbocycles. The van der Waals surface area contributed by atoms with Gasteiger partial charge in [-0.2, -0.15) is 0 Å². The zero-order chi connectivity index (χ0) is 21.3. The summed E-state index contributed by atoms with van der Waals surface area (Å²) < 4.78 is 16.6. The number of benzene rings is 2. The van der Waals surface area contributed by atoms with Crippen molar-refractivity contribution in [1.82, 2.24) is 9.97 Å². The molecule has 0 fully saturated rings. The van der Waals surface area contributed by atoms with Gasteiger partial charge in [0.25, 0.3) is 5.56 Å². The van der Waals surface area contributed by atoms with Gasteiger partial charge in [0.2, 0.25) is 0 Å². The number of aryl methyl sites for hydroxylation is 1. The van der Waals surface area contributed by atoms with E-state index < -0.39 is 0 Å². The number of H-pyrrole nitrogens is 1. The fraction of sp³-hybridized carbons (Fsp3) is 0.280. The summed E-state index contributed by atoms with van der Waals surface area (Å²) in [6.07, 6.45) is 2.24. The van der Waals surface area contributed by atoms with E-state index in [0.717, 1.165) is 38.7 Å². The van der Waals surface area contributed by atoms with Gasteiger partial charge in [-0.15, -0.1) is 0 Å². The third-order valence-electron chi connectivity index (χ3n) is 5.25. The van der Waals surface area contributed by atoms with Gasteiger partial charge in [0.1, 0.15) is 5.75 Å². The van der Waals surface area contributed by atoms with Gasteiger partial charge in [0.05, 0.1) is 26.3 Å². The number of aromatic nitrogens is 2. The molecule has 4 aromatic rings. The lowest BCUT2D eigenvalue weighted by atomic mass is 9.98. The molecule has 0 spiro atoms. The summed E-state index contributed by atoms with van der Waals surface area (Å²) in [6.45, 7) is 4.41. The third kappa shape index (κ3) is 4.06. The summed E-state index contributed by atoms with van der Waals surface area (Å²) in [5.41, 5.74) is 3.12. The Morgan fingerprint density at radius 3 is 2.35 bits per heavy atom. The van der Waals surface area contributed by atoms with Crippen LogP contribution >= 0.6 is 0 Å². The molecule has 6 heteroatoms. The second kappa shape index (κ2) is 9.08. The molecule has 6 nitrogen and oxygen atoms in total. The molecule has 0 amide bonds. The van der Waals surface area contributed by atoms with Gasteiger partial charge in [-0.1, -0.05) is 13.5 Å². The largest absolute Gasteiger partial charge is 0.493 e. The van der Waals surface area contributed by atoms with Crippen molar-refractivity contribution in [2.75, 3.05) is 20.8 Å². The molecule has 0 aliphatic heterocycles. The van der Waals surface area contributed by atoms with E-state index in [1.165, 1.54) is 0 Å². The Hall–Kier alpha value is -3.54. The number of hydrogen-bond acceptors (Lipinski definition) is 5. The van der Waals surface area contributed by atoms with Gasteiger partial charge in [-0.3, -0.25) is 9.78 Å². The quantitative estimate of drug-likeness (QED) is 0.474. The van der Waals surface area contributed by atoms with Gasteiger partial charge in [0.15, 0.2) is 11.5 Å². The molecule has 0 atom stereocenters. The van der Waals surface area contributed by atoms with Crippen LogP contribution in [0.15, 0.2) is 47.4 Å². The predicted molar refractivity (Wildman–Crippen MR) is 125 cm³/mol. The Labute approximate surface area is 181 Å². The average Bonchev–Trinajstić information content (AvgIpc) is 2.76. The van der Waals surface area contributed by atoms with Crippen molar-refractivity contribution in [2.45, 2.75) is 27.7 Å². The molecular formula is C25H28N2O4. The van der Waals surface area contributed by atoms with E-state index in [1.54, 1.807) is 14.2 Å². The van der Waals surface area contributed by atoms with Crippen LogP contribution in [-0.4, -0.2) is 30.8 Å². The van der Waals surface area contributed by atoms with E-state index in [0.29, 0.717) is 30.1 Å². The highest BCUT2D eigenvalue weighted by Gasteiger charge is 2.15. The molecule has 162 valence electrons. The second-order valence-electron chi connectivity index (χ2n) is 7.09. The molecule has 0 unspecified atom stereocenters. The van der Waals surface area contributed by atoms with Crippen LogP contribution in [0, 0.1) is 6.92 Å². The van der Waals surface area contributed by atoms with E-state index >= 15 is 0 Å². The predicted octanol–water partition coefficient (Wildman–Crippen LogP) is 5.03.